The summed E-state index contributed by atoms with van der Waals surface area (Å²) in [6.07, 6.45) is 1.62. The summed E-state index contributed by atoms with van der Waals surface area (Å²) < 4.78 is 19.6. The van der Waals surface area contributed by atoms with Gasteiger partial charge in [-0.15, -0.1) is 10.2 Å². The molecule has 0 saturated carbocycles. The van der Waals surface area contributed by atoms with Gasteiger partial charge in [-0.25, -0.2) is 4.39 Å². The maximum absolute atomic E-state index is 13.6. The van der Waals surface area contributed by atoms with Crippen LogP contribution in [-0.2, 0) is 6.42 Å². The minimum Gasteiger partial charge on any atom is -0.421 e. The van der Waals surface area contributed by atoms with Crippen molar-refractivity contribution in [2.45, 2.75) is 19.8 Å². The van der Waals surface area contributed by atoms with Crippen molar-refractivity contribution in [3.63, 3.8) is 0 Å². The monoisotopic (exact) mass is 284 g/mol. The van der Waals surface area contributed by atoms with Crippen LogP contribution in [0, 0.1) is 5.82 Å². The molecule has 2 rings (SSSR count). The van der Waals surface area contributed by atoms with Gasteiger partial charge < -0.3 is 4.42 Å². The first-order valence-corrected chi connectivity index (χ1v) is 5.78. The van der Waals surface area contributed by atoms with Crippen molar-refractivity contribution < 1.29 is 8.81 Å². The van der Waals surface area contributed by atoms with E-state index in [9.17, 15) is 4.39 Å². The lowest BCUT2D eigenvalue weighted by Gasteiger charge is -1.99. The first-order valence-electron chi connectivity index (χ1n) is 4.99. The molecule has 0 N–H and O–H groups in total. The van der Waals surface area contributed by atoms with Gasteiger partial charge in [-0.05, 0) is 34.5 Å². The second-order valence-corrected chi connectivity index (χ2v) is 4.20. The van der Waals surface area contributed by atoms with E-state index in [1.54, 1.807) is 12.1 Å². The van der Waals surface area contributed by atoms with Crippen LogP contribution in [0.2, 0.25) is 0 Å². The molecule has 1 aromatic heterocycles. The fourth-order valence-electron chi connectivity index (χ4n) is 1.37. The third kappa shape index (κ3) is 2.14. The van der Waals surface area contributed by atoms with Crippen LogP contribution in [0.1, 0.15) is 19.2 Å². The van der Waals surface area contributed by atoms with Crippen LogP contribution < -0.4 is 0 Å². The highest BCUT2D eigenvalue weighted by atomic mass is 79.9. The van der Waals surface area contributed by atoms with Gasteiger partial charge in [0.2, 0.25) is 5.89 Å². The molecule has 0 unspecified atom stereocenters. The highest BCUT2D eigenvalue weighted by Gasteiger charge is 2.15. The van der Waals surface area contributed by atoms with Gasteiger partial charge in [0, 0.05) is 10.9 Å². The van der Waals surface area contributed by atoms with E-state index in [4.69, 9.17) is 4.42 Å². The number of rotatable bonds is 3. The minimum absolute atomic E-state index is 0.216. The third-order valence-electron chi connectivity index (χ3n) is 2.11. The molecule has 0 fully saturated rings. The van der Waals surface area contributed by atoms with Gasteiger partial charge in [0.05, 0.1) is 5.56 Å². The van der Waals surface area contributed by atoms with E-state index in [0.717, 1.165) is 6.42 Å². The average Bonchev–Trinajstić information content (AvgIpc) is 2.67. The number of hydrogen-bond acceptors (Lipinski definition) is 3. The molecule has 0 aliphatic carbocycles. The van der Waals surface area contributed by atoms with E-state index in [1.165, 1.54) is 6.07 Å². The Kier molecular flexibility index (Phi) is 3.33. The Labute approximate surface area is 101 Å². The summed E-state index contributed by atoms with van der Waals surface area (Å²) in [7, 11) is 0. The Bertz CT molecular complexity index is 478. The van der Waals surface area contributed by atoms with Crippen molar-refractivity contribution in [2.75, 3.05) is 0 Å². The zero-order valence-corrected chi connectivity index (χ0v) is 10.3. The number of aromatic nitrogens is 2. The predicted octanol–water partition coefficient (Wildman–Crippen LogP) is 3.59. The molecular formula is C11H10BrFN2O. The quantitative estimate of drug-likeness (QED) is 0.865. The Hall–Kier alpha value is -1.23. The molecule has 0 radical (unpaired) electrons. The standard InChI is InChI=1S/C11H10BrFN2O/c1-2-4-9-14-15-11(16-9)10-7(12)5-3-6-8(10)13/h3,5-6H,2,4H2,1H3. The van der Waals surface area contributed by atoms with Gasteiger partial charge in [0.1, 0.15) is 5.82 Å². The topological polar surface area (TPSA) is 38.9 Å². The second-order valence-electron chi connectivity index (χ2n) is 3.35. The molecule has 16 heavy (non-hydrogen) atoms. The van der Waals surface area contributed by atoms with E-state index in [2.05, 4.69) is 26.1 Å². The van der Waals surface area contributed by atoms with Crippen LogP contribution in [-0.4, -0.2) is 10.2 Å². The molecule has 5 heteroatoms. The van der Waals surface area contributed by atoms with Gasteiger partial charge in [-0.2, -0.15) is 0 Å². The van der Waals surface area contributed by atoms with E-state index >= 15 is 0 Å². The smallest absolute Gasteiger partial charge is 0.251 e. The molecule has 0 aliphatic rings. The summed E-state index contributed by atoms with van der Waals surface area (Å²) in [4.78, 5) is 0. The van der Waals surface area contributed by atoms with Crippen molar-refractivity contribution in [3.05, 3.63) is 34.4 Å². The predicted molar refractivity (Wildman–Crippen MR) is 61.4 cm³/mol. The molecule has 0 amide bonds. The average molecular weight is 285 g/mol. The summed E-state index contributed by atoms with van der Waals surface area (Å²) in [5.41, 5.74) is 0.317. The fourth-order valence-corrected chi connectivity index (χ4v) is 1.88. The summed E-state index contributed by atoms with van der Waals surface area (Å²) in [5.74, 6) is 0.377. The SMILES string of the molecule is CCCc1nnc(-c2c(F)cccc2Br)o1. The van der Waals surface area contributed by atoms with Gasteiger partial charge in [0.25, 0.3) is 5.89 Å². The lowest BCUT2D eigenvalue weighted by molar-refractivity contribution is 0.498. The lowest BCUT2D eigenvalue weighted by atomic mass is 10.2. The molecule has 0 bridgehead atoms. The first kappa shape index (κ1) is 11.3. The van der Waals surface area contributed by atoms with Gasteiger partial charge in [-0.3, -0.25) is 0 Å². The Morgan fingerprint density at radius 1 is 1.38 bits per heavy atom. The van der Waals surface area contributed by atoms with Crippen LogP contribution in [0.4, 0.5) is 4.39 Å². The second kappa shape index (κ2) is 4.74. The summed E-state index contributed by atoms with van der Waals surface area (Å²) in [5, 5.41) is 7.70. The van der Waals surface area contributed by atoms with Crippen LogP contribution >= 0.6 is 15.9 Å². The molecule has 0 saturated heterocycles. The van der Waals surface area contributed by atoms with E-state index in [0.29, 0.717) is 22.3 Å². The number of aryl methyl sites for hydroxylation is 1. The molecule has 0 atom stereocenters. The van der Waals surface area contributed by atoms with Crippen molar-refractivity contribution in [1.29, 1.82) is 0 Å². The third-order valence-corrected chi connectivity index (χ3v) is 2.77. The number of benzene rings is 1. The molecule has 1 aromatic carbocycles. The lowest BCUT2D eigenvalue weighted by Crippen LogP contribution is -1.85. The molecule has 1 heterocycles. The maximum atomic E-state index is 13.6. The zero-order chi connectivity index (χ0) is 11.5. The highest BCUT2D eigenvalue weighted by molar-refractivity contribution is 9.10. The van der Waals surface area contributed by atoms with Crippen molar-refractivity contribution in [3.8, 4) is 11.5 Å². The van der Waals surface area contributed by atoms with Crippen LogP contribution in [0.15, 0.2) is 27.1 Å². The molecule has 0 aliphatic heterocycles. The van der Waals surface area contributed by atoms with Crippen LogP contribution in [0.3, 0.4) is 0 Å². The van der Waals surface area contributed by atoms with Crippen LogP contribution in [0.5, 0.6) is 0 Å². The largest absolute Gasteiger partial charge is 0.421 e. The normalized spacial score (nSPS) is 10.7. The van der Waals surface area contributed by atoms with Gasteiger partial charge >= 0.3 is 0 Å². The summed E-state index contributed by atoms with van der Waals surface area (Å²) in [6, 6.07) is 4.72. The van der Waals surface area contributed by atoms with E-state index < -0.39 is 0 Å². The number of nitrogens with zero attached hydrogens (tertiary/aromatic N) is 2. The Balaban J connectivity index is 2.42. The molecule has 0 spiro atoms. The van der Waals surface area contributed by atoms with E-state index in [-0.39, 0.29) is 11.7 Å². The van der Waals surface area contributed by atoms with Crippen molar-refractivity contribution in [1.82, 2.24) is 10.2 Å². The van der Waals surface area contributed by atoms with E-state index in [1.807, 2.05) is 6.92 Å². The molecule has 2 aromatic rings. The zero-order valence-electron chi connectivity index (χ0n) is 8.70. The molecule has 84 valence electrons. The van der Waals surface area contributed by atoms with Crippen LogP contribution in [0.25, 0.3) is 11.5 Å². The Morgan fingerprint density at radius 2 is 2.19 bits per heavy atom. The van der Waals surface area contributed by atoms with Gasteiger partial charge in [-0.1, -0.05) is 13.0 Å². The number of halogens is 2. The van der Waals surface area contributed by atoms with Crippen molar-refractivity contribution >= 4 is 15.9 Å². The molecule has 3 nitrogen and oxygen atoms in total. The number of hydrogen-bond donors (Lipinski definition) is 0. The summed E-state index contributed by atoms with van der Waals surface area (Å²) in [6.45, 7) is 2.02. The van der Waals surface area contributed by atoms with Gasteiger partial charge in [0.15, 0.2) is 0 Å². The first-order chi connectivity index (χ1) is 7.72. The molecular weight excluding hydrogens is 275 g/mol. The Morgan fingerprint density at radius 3 is 2.88 bits per heavy atom. The fraction of sp³-hybridized carbons (Fsp3) is 0.273. The highest BCUT2D eigenvalue weighted by Crippen LogP contribution is 2.29. The maximum Gasteiger partial charge on any atom is 0.251 e. The minimum atomic E-state index is -0.374. The van der Waals surface area contributed by atoms with Crippen molar-refractivity contribution in [2.24, 2.45) is 0 Å². The summed E-state index contributed by atoms with van der Waals surface area (Å²) >= 11 is 3.26.